The summed E-state index contributed by atoms with van der Waals surface area (Å²) in [6, 6.07) is 0. The van der Waals surface area contributed by atoms with Crippen LogP contribution in [0.15, 0.2) is 0 Å². The summed E-state index contributed by atoms with van der Waals surface area (Å²) >= 11 is 0. The van der Waals surface area contributed by atoms with Crippen LogP contribution in [0.1, 0.15) is 1.43 Å². The number of hydrogen-bond acceptors (Lipinski definition) is 3. The van der Waals surface area contributed by atoms with Crippen LogP contribution in [0.5, 0.6) is 0 Å². The molecule has 69 valence electrons. The third-order valence-electron chi connectivity index (χ3n) is 0.213. The van der Waals surface area contributed by atoms with Gasteiger partial charge in [-0.2, -0.15) is 4.31 Å². The Kier molecular flexibility index (Phi) is 10.6. The zero-order chi connectivity index (χ0) is 7.71. The van der Waals surface area contributed by atoms with Crippen molar-refractivity contribution in [2.75, 3.05) is 0 Å². The van der Waals surface area contributed by atoms with Gasteiger partial charge < -0.3 is 21.0 Å². The Morgan fingerprint density at radius 2 is 1.18 bits per heavy atom. The van der Waals surface area contributed by atoms with Crippen molar-refractivity contribution in [2.24, 2.45) is 0 Å². The van der Waals surface area contributed by atoms with E-state index in [1.54, 1.807) is 0 Å². The molecule has 0 saturated heterocycles. The average molecular weight is 266 g/mol. The minimum Gasteiger partial charge on any atom is -1.00 e. The van der Waals surface area contributed by atoms with Gasteiger partial charge in [0.25, 0.3) is 0 Å². The van der Waals surface area contributed by atoms with Gasteiger partial charge in [0.1, 0.15) is 0 Å². The molecule has 0 bridgehead atoms. The van der Waals surface area contributed by atoms with E-state index in [2.05, 4.69) is 4.31 Å². The van der Waals surface area contributed by atoms with E-state index in [1.807, 2.05) is 0 Å². The molecule has 11 heteroatoms. The predicted octanol–water partition coefficient (Wildman–Crippen LogP) is -3.70. The van der Waals surface area contributed by atoms with Crippen LogP contribution >= 0.6 is 15.6 Å². The quantitative estimate of drug-likeness (QED) is 0.299. The Labute approximate surface area is 96.3 Å². The van der Waals surface area contributed by atoms with Crippen LogP contribution in [-0.4, -0.2) is 19.6 Å². The van der Waals surface area contributed by atoms with Gasteiger partial charge in [0.2, 0.25) is 0 Å². The Hall–Kier alpha value is 1.78. The van der Waals surface area contributed by atoms with Crippen molar-refractivity contribution < 1.29 is 81.1 Å². The molecule has 0 fully saturated rings. The Morgan fingerprint density at radius 3 is 1.18 bits per heavy atom. The van der Waals surface area contributed by atoms with Crippen LogP contribution in [-0.2, 0) is 30.5 Å². The van der Waals surface area contributed by atoms with Crippen LogP contribution in [0.4, 0.5) is 0 Å². The summed E-state index contributed by atoms with van der Waals surface area (Å²) in [6.45, 7) is 0. The predicted molar refractivity (Wildman–Crippen MR) is 26.3 cm³/mol. The third kappa shape index (κ3) is 18.6. The largest absolute Gasteiger partial charge is 1.00 e. The first-order chi connectivity index (χ1) is 3.71. The van der Waals surface area contributed by atoms with E-state index in [1.165, 1.54) is 0 Å². The fraction of sp³-hybridized carbons (Fsp3) is 0. The second-order valence-electron chi connectivity index (χ2n) is 1.06. The maximum Gasteiger partial charge on any atom is 1.00 e. The van der Waals surface area contributed by atoms with Crippen molar-refractivity contribution in [3.63, 3.8) is 0 Å². The SMILES string of the molecule is O=P(O)(O)OP(=O)(O)O.[Cu].[H-].[Na+]. The number of rotatable bonds is 2. The molecule has 1 radical (unpaired) electrons. The van der Waals surface area contributed by atoms with Crippen molar-refractivity contribution in [2.45, 2.75) is 0 Å². The molecule has 0 aromatic heterocycles. The van der Waals surface area contributed by atoms with E-state index < -0.39 is 15.6 Å². The van der Waals surface area contributed by atoms with Gasteiger partial charge in [-0.25, -0.2) is 9.13 Å². The zero-order valence-electron chi connectivity index (χ0n) is 6.21. The molecule has 0 aliphatic heterocycles. The summed E-state index contributed by atoms with van der Waals surface area (Å²) in [5, 5.41) is 0. The Bertz CT molecular complexity index is 162. The molecule has 0 aliphatic carbocycles. The van der Waals surface area contributed by atoms with E-state index >= 15 is 0 Å². The molecule has 0 heterocycles. The molecule has 0 saturated carbocycles. The van der Waals surface area contributed by atoms with E-state index in [0.717, 1.165) is 0 Å². The molecular formula is H5CuNaO7P2. The maximum absolute atomic E-state index is 9.63. The first-order valence-corrected chi connectivity index (χ1v) is 4.59. The van der Waals surface area contributed by atoms with Crippen LogP contribution in [0.3, 0.4) is 0 Å². The standard InChI is InChI=1S/Cu.Na.H4O7P2.H/c;;1-8(2,3)7-9(4,5)6;/h;;(H2,1,2,3)(H2,4,5,6);/q;+1;;-1. The molecule has 7 nitrogen and oxygen atoms in total. The molecule has 0 unspecified atom stereocenters. The second-order valence-corrected chi connectivity index (χ2v) is 3.68. The molecule has 0 spiro atoms. The monoisotopic (exact) mass is 265 g/mol. The van der Waals surface area contributed by atoms with Crippen molar-refractivity contribution in [3.05, 3.63) is 0 Å². The Morgan fingerprint density at radius 1 is 1.00 bits per heavy atom. The van der Waals surface area contributed by atoms with Crippen molar-refractivity contribution in [1.29, 1.82) is 0 Å². The average Bonchev–Trinajstić information content (AvgIpc) is 1.14. The summed E-state index contributed by atoms with van der Waals surface area (Å²) in [6.07, 6.45) is 0. The van der Waals surface area contributed by atoms with Gasteiger partial charge in [-0.15, -0.1) is 0 Å². The zero-order valence-corrected chi connectivity index (χ0v) is 9.94. The minimum absolute atomic E-state index is 0. The first-order valence-electron chi connectivity index (χ1n) is 1.53. The molecule has 0 aromatic rings. The molecule has 0 rings (SSSR count). The topological polar surface area (TPSA) is 124 Å². The van der Waals surface area contributed by atoms with E-state index in [0.29, 0.717) is 0 Å². The molecule has 11 heavy (non-hydrogen) atoms. The summed E-state index contributed by atoms with van der Waals surface area (Å²) in [5.74, 6) is 0. The van der Waals surface area contributed by atoms with Gasteiger partial charge in [-0.1, -0.05) is 0 Å². The smallest absolute Gasteiger partial charge is 1.00 e. The van der Waals surface area contributed by atoms with Gasteiger partial charge in [0.15, 0.2) is 0 Å². The van der Waals surface area contributed by atoms with Crippen molar-refractivity contribution in [3.8, 4) is 0 Å². The first kappa shape index (κ1) is 18.5. The van der Waals surface area contributed by atoms with Crippen LogP contribution in [0.2, 0.25) is 0 Å². The Balaban J connectivity index is -0.000000107. The molecule has 0 amide bonds. The van der Waals surface area contributed by atoms with E-state index in [9.17, 15) is 9.13 Å². The summed E-state index contributed by atoms with van der Waals surface area (Å²) in [4.78, 5) is 31.0. The van der Waals surface area contributed by atoms with Crippen molar-refractivity contribution >= 4 is 15.6 Å². The fourth-order valence-corrected chi connectivity index (χ4v) is 1.25. The minimum atomic E-state index is -5.05. The summed E-state index contributed by atoms with van der Waals surface area (Å²) in [7, 11) is -10.1. The second kappa shape index (κ2) is 6.27. The van der Waals surface area contributed by atoms with Crippen molar-refractivity contribution in [1.82, 2.24) is 0 Å². The van der Waals surface area contributed by atoms with Crippen LogP contribution in [0.25, 0.3) is 0 Å². The maximum atomic E-state index is 9.63. The van der Waals surface area contributed by atoms with Gasteiger partial charge in [-0.05, 0) is 0 Å². The summed E-state index contributed by atoms with van der Waals surface area (Å²) in [5.41, 5.74) is 0. The van der Waals surface area contributed by atoms with Gasteiger partial charge >= 0.3 is 45.2 Å². The number of hydrogen-bond donors (Lipinski definition) is 4. The van der Waals surface area contributed by atoms with Gasteiger partial charge in [-0.3, -0.25) is 0 Å². The molecule has 0 atom stereocenters. The molecule has 4 N–H and O–H groups in total. The summed E-state index contributed by atoms with van der Waals surface area (Å²) < 4.78 is 22.2. The van der Waals surface area contributed by atoms with E-state index in [4.69, 9.17) is 19.6 Å². The molecule has 0 aliphatic rings. The third-order valence-corrected chi connectivity index (χ3v) is 1.91. The molecular weight excluding hydrogens is 260 g/mol. The normalized spacial score (nSPS) is 11.3. The van der Waals surface area contributed by atoms with Crippen LogP contribution in [0, 0.1) is 0 Å². The molecule has 0 aromatic carbocycles. The van der Waals surface area contributed by atoms with E-state index in [-0.39, 0.29) is 48.1 Å². The van der Waals surface area contributed by atoms with Gasteiger partial charge in [0, 0.05) is 17.1 Å². The number of phosphoric acid groups is 2. The fourth-order valence-electron chi connectivity index (χ4n) is 0.139. The van der Waals surface area contributed by atoms with Crippen LogP contribution < -0.4 is 29.6 Å². The van der Waals surface area contributed by atoms with Gasteiger partial charge in [0.05, 0.1) is 0 Å².